The highest BCUT2D eigenvalue weighted by molar-refractivity contribution is 5.85. The van der Waals surface area contributed by atoms with Gasteiger partial charge in [-0.25, -0.2) is 4.39 Å². The Bertz CT molecular complexity index is 971. The molecular weight excluding hydrogens is 343 g/mol. The van der Waals surface area contributed by atoms with Gasteiger partial charge in [-0.15, -0.1) is 0 Å². The van der Waals surface area contributed by atoms with Gasteiger partial charge in [0.15, 0.2) is 0 Å². The second-order valence-corrected chi connectivity index (χ2v) is 7.48. The molecule has 0 N–H and O–H groups in total. The van der Waals surface area contributed by atoms with Crippen molar-refractivity contribution in [1.82, 2.24) is 0 Å². The lowest BCUT2D eigenvalue weighted by Crippen LogP contribution is -1.91. The van der Waals surface area contributed by atoms with Gasteiger partial charge in [0, 0.05) is 16.5 Å². The van der Waals surface area contributed by atoms with Crippen molar-refractivity contribution in [2.24, 2.45) is 0 Å². The van der Waals surface area contributed by atoms with Crippen LogP contribution in [0.15, 0.2) is 54.6 Å². The maximum Gasteiger partial charge on any atom is 0.134 e. The third kappa shape index (κ3) is 5.23. The van der Waals surface area contributed by atoms with E-state index in [0.717, 1.165) is 41.3 Å². The van der Waals surface area contributed by atoms with Gasteiger partial charge in [0.25, 0.3) is 0 Å². The van der Waals surface area contributed by atoms with Gasteiger partial charge in [-0.1, -0.05) is 81.7 Å². The van der Waals surface area contributed by atoms with E-state index in [4.69, 9.17) is 0 Å². The molecule has 0 amide bonds. The molecule has 0 nitrogen and oxygen atoms in total. The first-order valence-electron chi connectivity index (χ1n) is 10.5. The van der Waals surface area contributed by atoms with Crippen LogP contribution < -0.4 is 0 Å². The van der Waals surface area contributed by atoms with Crippen molar-refractivity contribution < 1.29 is 4.39 Å². The van der Waals surface area contributed by atoms with Gasteiger partial charge in [0.1, 0.15) is 5.82 Å². The first-order valence-corrected chi connectivity index (χ1v) is 10.5. The number of aryl methyl sites for hydroxylation is 2. The predicted molar refractivity (Wildman–Crippen MR) is 118 cm³/mol. The zero-order valence-electron chi connectivity index (χ0n) is 17.0. The number of hydrogen-bond donors (Lipinski definition) is 0. The number of unbranched alkanes of at least 4 members (excludes halogenated alkanes) is 3. The number of benzene rings is 3. The Kier molecular flexibility index (Phi) is 7.26. The van der Waals surface area contributed by atoms with Crippen LogP contribution >= 0.6 is 0 Å². The van der Waals surface area contributed by atoms with E-state index in [9.17, 15) is 4.39 Å². The van der Waals surface area contributed by atoms with Crippen molar-refractivity contribution >= 4 is 10.8 Å². The standard InChI is InChI=1S/C27H29F/c1-3-5-6-7-9-21-10-12-22(13-11-21)14-15-23-16-19-26-25(20-23)18-17-24(8-4-2)27(26)28/h10-13,16-20H,3-9H2,1-2H3. The van der Waals surface area contributed by atoms with Gasteiger partial charge in [-0.3, -0.25) is 0 Å². The van der Waals surface area contributed by atoms with E-state index < -0.39 is 0 Å². The summed E-state index contributed by atoms with van der Waals surface area (Å²) < 4.78 is 14.6. The van der Waals surface area contributed by atoms with Crippen molar-refractivity contribution in [3.05, 3.63) is 82.7 Å². The van der Waals surface area contributed by atoms with Gasteiger partial charge < -0.3 is 0 Å². The van der Waals surface area contributed by atoms with Gasteiger partial charge in [0.05, 0.1) is 0 Å². The van der Waals surface area contributed by atoms with Gasteiger partial charge in [0.2, 0.25) is 0 Å². The average Bonchev–Trinajstić information content (AvgIpc) is 2.73. The Hall–Kier alpha value is -2.59. The molecule has 0 radical (unpaired) electrons. The fourth-order valence-electron chi connectivity index (χ4n) is 3.53. The van der Waals surface area contributed by atoms with Crippen LogP contribution in [0.4, 0.5) is 4.39 Å². The monoisotopic (exact) mass is 372 g/mol. The first kappa shape index (κ1) is 20.2. The van der Waals surface area contributed by atoms with E-state index in [1.165, 1.54) is 31.2 Å². The second-order valence-electron chi connectivity index (χ2n) is 7.48. The molecule has 1 heteroatoms. The molecule has 0 saturated heterocycles. The SMILES string of the molecule is CCCCCCc1ccc(C#Cc2ccc3c(F)c(CCC)ccc3c2)cc1. The molecule has 0 atom stereocenters. The summed E-state index contributed by atoms with van der Waals surface area (Å²) in [5.41, 5.74) is 4.11. The average molecular weight is 373 g/mol. The molecule has 0 spiro atoms. The van der Waals surface area contributed by atoms with E-state index in [-0.39, 0.29) is 5.82 Å². The zero-order valence-corrected chi connectivity index (χ0v) is 17.0. The molecule has 0 heterocycles. The largest absolute Gasteiger partial charge is 0.206 e. The summed E-state index contributed by atoms with van der Waals surface area (Å²) in [5.74, 6) is 6.36. The fourth-order valence-corrected chi connectivity index (χ4v) is 3.53. The summed E-state index contributed by atoms with van der Waals surface area (Å²) in [6.45, 7) is 4.31. The van der Waals surface area contributed by atoms with Crippen LogP contribution in [0.25, 0.3) is 10.8 Å². The highest BCUT2D eigenvalue weighted by atomic mass is 19.1. The van der Waals surface area contributed by atoms with Crippen LogP contribution in [-0.4, -0.2) is 0 Å². The molecule has 0 aliphatic carbocycles. The summed E-state index contributed by atoms with van der Waals surface area (Å²) in [5, 5.41) is 1.59. The molecule has 3 aromatic carbocycles. The summed E-state index contributed by atoms with van der Waals surface area (Å²) >= 11 is 0. The summed E-state index contributed by atoms with van der Waals surface area (Å²) in [7, 11) is 0. The maximum atomic E-state index is 14.6. The van der Waals surface area contributed by atoms with E-state index >= 15 is 0 Å². The van der Waals surface area contributed by atoms with Crippen molar-refractivity contribution in [3.63, 3.8) is 0 Å². The summed E-state index contributed by atoms with van der Waals surface area (Å²) in [6.07, 6.45) is 8.02. The lowest BCUT2D eigenvalue weighted by Gasteiger charge is -2.06. The number of hydrogen-bond acceptors (Lipinski definition) is 0. The first-order chi connectivity index (χ1) is 13.7. The second kappa shape index (κ2) is 10.1. The Morgan fingerprint density at radius 3 is 2.21 bits per heavy atom. The van der Waals surface area contributed by atoms with Crippen LogP contribution in [0.3, 0.4) is 0 Å². The van der Waals surface area contributed by atoms with Gasteiger partial charge in [-0.05, 0) is 60.0 Å². The lowest BCUT2D eigenvalue weighted by molar-refractivity contribution is 0.619. The van der Waals surface area contributed by atoms with Gasteiger partial charge in [-0.2, -0.15) is 0 Å². The molecule has 0 aromatic heterocycles. The Balaban J connectivity index is 1.71. The van der Waals surface area contributed by atoms with E-state index in [0.29, 0.717) is 5.39 Å². The minimum atomic E-state index is -0.0895. The predicted octanol–water partition coefficient (Wildman–Crippen LogP) is 7.45. The smallest absolute Gasteiger partial charge is 0.134 e. The molecule has 3 aromatic rings. The minimum absolute atomic E-state index is 0.0895. The van der Waals surface area contributed by atoms with E-state index in [2.05, 4.69) is 50.0 Å². The topological polar surface area (TPSA) is 0 Å². The highest BCUT2D eigenvalue weighted by Crippen LogP contribution is 2.23. The molecule has 3 rings (SSSR count). The number of halogens is 1. The van der Waals surface area contributed by atoms with Gasteiger partial charge >= 0.3 is 0 Å². The van der Waals surface area contributed by atoms with Crippen LogP contribution in [0.5, 0.6) is 0 Å². The molecule has 0 fully saturated rings. The van der Waals surface area contributed by atoms with Crippen molar-refractivity contribution in [3.8, 4) is 11.8 Å². The third-order valence-electron chi connectivity index (χ3n) is 5.18. The normalized spacial score (nSPS) is 10.7. The summed E-state index contributed by atoms with van der Waals surface area (Å²) in [4.78, 5) is 0. The van der Waals surface area contributed by atoms with Crippen LogP contribution in [0, 0.1) is 17.7 Å². The van der Waals surface area contributed by atoms with Crippen LogP contribution in [0.2, 0.25) is 0 Å². The molecular formula is C27H29F. The lowest BCUT2D eigenvalue weighted by atomic mass is 10.0. The molecule has 0 bridgehead atoms. The van der Waals surface area contributed by atoms with Crippen molar-refractivity contribution in [1.29, 1.82) is 0 Å². The van der Waals surface area contributed by atoms with E-state index in [1.807, 2.05) is 30.3 Å². The minimum Gasteiger partial charge on any atom is -0.206 e. The maximum absolute atomic E-state index is 14.6. The van der Waals surface area contributed by atoms with Crippen molar-refractivity contribution in [2.45, 2.75) is 58.8 Å². The highest BCUT2D eigenvalue weighted by Gasteiger charge is 2.06. The molecule has 0 aliphatic rings. The fraction of sp³-hybridized carbons (Fsp3) is 0.333. The van der Waals surface area contributed by atoms with Crippen molar-refractivity contribution in [2.75, 3.05) is 0 Å². The van der Waals surface area contributed by atoms with Crippen LogP contribution in [-0.2, 0) is 12.8 Å². The Morgan fingerprint density at radius 1 is 0.714 bits per heavy atom. The molecule has 0 saturated carbocycles. The quantitative estimate of drug-likeness (QED) is 0.298. The molecule has 28 heavy (non-hydrogen) atoms. The molecule has 144 valence electrons. The summed E-state index contributed by atoms with van der Waals surface area (Å²) in [6, 6.07) is 18.2. The molecule has 0 aliphatic heterocycles. The molecule has 0 unspecified atom stereocenters. The Labute approximate surface area is 168 Å². The number of rotatable bonds is 7. The zero-order chi connectivity index (χ0) is 19.8. The third-order valence-corrected chi connectivity index (χ3v) is 5.18. The number of fused-ring (bicyclic) bond motifs is 1. The van der Waals surface area contributed by atoms with Crippen LogP contribution in [0.1, 0.15) is 68.2 Å². The van der Waals surface area contributed by atoms with E-state index in [1.54, 1.807) is 0 Å². The Morgan fingerprint density at radius 2 is 1.46 bits per heavy atom.